The SMILES string of the molecule is COc1ccc(-n2nnc3c(SCC(=O)NCCc4ccc(OC)c(OC)c4)ncnc32)cc1. The first-order valence-corrected chi connectivity index (χ1v) is 11.4. The van der Waals surface area contributed by atoms with Crippen LogP contribution in [0.5, 0.6) is 17.2 Å². The van der Waals surface area contributed by atoms with E-state index in [1.807, 2.05) is 42.5 Å². The van der Waals surface area contributed by atoms with Crippen LogP contribution < -0.4 is 19.5 Å². The largest absolute Gasteiger partial charge is 0.497 e. The third kappa shape index (κ3) is 5.20. The zero-order valence-corrected chi connectivity index (χ0v) is 19.8. The fourth-order valence-electron chi connectivity index (χ4n) is 3.30. The second-order valence-electron chi connectivity index (χ2n) is 7.13. The van der Waals surface area contributed by atoms with E-state index in [1.165, 1.54) is 18.1 Å². The maximum atomic E-state index is 12.4. The van der Waals surface area contributed by atoms with Gasteiger partial charge in [-0.25, -0.2) is 9.97 Å². The molecule has 2 aromatic carbocycles. The molecule has 0 radical (unpaired) electrons. The number of nitrogens with zero attached hydrogens (tertiary/aromatic N) is 5. The minimum atomic E-state index is -0.0974. The Morgan fingerprint density at radius 1 is 1.00 bits per heavy atom. The Morgan fingerprint density at radius 2 is 1.79 bits per heavy atom. The Hall–Kier alpha value is -3.86. The van der Waals surface area contributed by atoms with E-state index in [-0.39, 0.29) is 11.7 Å². The van der Waals surface area contributed by atoms with E-state index in [0.29, 0.717) is 40.7 Å². The van der Waals surface area contributed by atoms with Crippen molar-refractivity contribution < 1.29 is 19.0 Å². The number of hydrogen-bond donors (Lipinski definition) is 1. The van der Waals surface area contributed by atoms with Crippen molar-refractivity contribution in [3.05, 3.63) is 54.4 Å². The van der Waals surface area contributed by atoms with Crippen LogP contribution in [0.1, 0.15) is 5.56 Å². The normalized spacial score (nSPS) is 10.8. The summed E-state index contributed by atoms with van der Waals surface area (Å²) in [5, 5.41) is 12.0. The van der Waals surface area contributed by atoms with Gasteiger partial charge in [0.1, 0.15) is 17.1 Å². The Kier molecular flexibility index (Phi) is 7.43. The Bertz CT molecular complexity index is 1280. The molecule has 2 aromatic heterocycles. The van der Waals surface area contributed by atoms with Crippen LogP contribution in [0, 0.1) is 0 Å². The van der Waals surface area contributed by atoms with Crippen LogP contribution in [0.25, 0.3) is 16.9 Å². The van der Waals surface area contributed by atoms with E-state index in [9.17, 15) is 4.79 Å². The van der Waals surface area contributed by atoms with E-state index in [1.54, 1.807) is 26.0 Å². The lowest BCUT2D eigenvalue weighted by atomic mass is 10.1. The summed E-state index contributed by atoms with van der Waals surface area (Å²) in [6.07, 6.45) is 2.12. The molecule has 176 valence electrons. The number of thioether (sulfide) groups is 1. The average molecular weight is 481 g/mol. The number of methoxy groups -OCH3 is 3. The van der Waals surface area contributed by atoms with Crippen LogP contribution in [0.3, 0.4) is 0 Å². The van der Waals surface area contributed by atoms with Gasteiger partial charge < -0.3 is 19.5 Å². The fourth-order valence-corrected chi connectivity index (χ4v) is 4.06. The molecule has 0 aliphatic rings. The van der Waals surface area contributed by atoms with Crippen molar-refractivity contribution in [2.45, 2.75) is 11.4 Å². The second-order valence-corrected chi connectivity index (χ2v) is 8.09. The van der Waals surface area contributed by atoms with Crippen LogP contribution in [0.2, 0.25) is 0 Å². The van der Waals surface area contributed by atoms with Gasteiger partial charge in [0.25, 0.3) is 0 Å². The van der Waals surface area contributed by atoms with Gasteiger partial charge >= 0.3 is 0 Å². The summed E-state index contributed by atoms with van der Waals surface area (Å²) >= 11 is 1.29. The van der Waals surface area contributed by atoms with Crippen molar-refractivity contribution in [3.63, 3.8) is 0 Å². The number of ether oxygens (including phenoxy) is 3. The molecular formula is C23H24N6O4S. The predicted octanol–water partition coefficient (Wildman–Crippen LogP) is 2.69. The zero-order chi connectivity index (χ0) is 23.9. The van der Waals surface area contributed by atoms with Gasteiger partial charge in [-0.15, -0.1) is 5.10 Å². The first kappa shape index (κ1) is 23.3. The Morgan fingerprint density at radius 3 is 2.53 bits per heavy atom. The molecule has 11 heteroatoms. The van der Waals surface area contributed by atoms with Crippen molar-refractivity contribution in [1.82, 2.24) is 30.3 Å². The van der Waals surface area contributed by atoms with Gasteiger partial charge in [0.2, 0.25) is 5.91 Å². The number of aromatic nitrogens is 5. The van der Waals surface area contributed by atoms with Crippen LogP contribution >= 0.6 is 11.8 Å². The average Bonchev–Trinajstić information content (AvgIpc) is 3.32. The van der Waals surface area contributed by atoms with Gasteiger partial charge in [0.15, 0.2) is 22.7 Å². The third-order valence-electron chi connectivity index (χ3n) is 5.04. The molecule has 0 fully saturated rings. The molecule has 0 atom stereocenters. The number of carbonyl (C=O) groups excluding carboxylic acids is 1. The van der Waals surface area contributed by atoms with Crippen LogP contribution in [0.15, 0.2) is 53.8 Å². The second kappa shape index (κ2) is 10.8. The maximum Gasteiger partial charge on any atom is 0.230 e. The molecular weight excluding hydrogens is 456 g/mol. The molecule has 0 unspecified atom stereocenters. The number of fused-ring (bicyclic) bond motifs is 1. The Balaban J connectivity index is 1.35. The van der Waals surface area contributed by atoms with Gasteiger partial charge in [-0.05, 0) is 48.4 Å². The monoisotopic (exact) mass is 480 g/mol. The zero-order valence-electron chi connectivity index (χ0n) is 19.0. The smallest absolute Gasteiger partial charge is 0.230 e. The highest BCUT2D eigenvalue weighted by Crippen LogP contribution is 2.28. The molecule has 1 N–H and O–H groups in total. The standard InChI is InChI=1S/C23H24N6O4S/c1-31-17-7-5-16(6-8-17)29-22-21(27-28-29)23(26-14-25-22)34-13-20(30)24-11-10-15-4-9-18(32-2)19(12-15)33-3/h4-9,12,14H,10-11,13H2,1-3H3,(H,24,30). The summed E-state index contributed by atoms with van der Waals surface area (Å²) in [5.74, 6) is 2.19. The molecule has 34 heavy (non-hydrogen) atoms. The quantitative estimate of drug-likeness (QED) is 0.270. The summed E-state index contributed by atoms with van der Waals surface area (Å²) in [5.41, 5.74) is 2.95. The lowest BCUT2D eigenvalue weighted by Gasteiger charge is -2.10. The highest BCUT2D eigenvalue weighted by molar-refractivity contribution is 8.00. The van der Waals surface area contributed by atoms with Gasteiger partial charge in [-0.2, -0.15) is 4.68 Å². The molecule has 0 saturated heterocycles. The van der Waals surface area contributed by atoms with E-state index < -0.39 is 0 Å². The molecule has 0 spiro atoms. The molecule has 4 rings (SSSR count). The van der Waals surface area contributed by atoms with E-state index in [2.05, 4.69) is 25.6 Å². The molecule has 0 bridgehead atoms. The summed E-state index contributed by atoms with van der Waals surface area (Å²) < 4.78 is 17.4. The van der Waals surface area contributed by atoms with Crippen molar-refractivity contribution in [2.24, 2.45) is 0 Å². The lowest BCUT2D eigenvalue weighted by molar-refractivity contribution is -0.118. The molecule has 10 nitrogen and oxygen atoms in total. The van der Waals surface area contributed by atoms with Gasteiger partial charge in [0, 0.05) is 6.54 Å². The predicted molar refractivity (Wildman–Crippen MR) is 128 cm³/mol. The maximum absolute atomic E-state index is 12.4. The first-order chi connectivity index (χ1) is 16.6. The highest BCUT2D eigenvalue weighted by Gasteiger charge is 2.15. The van der Waals surface area contributed by atoms with Crippen LogP contribution in [0.4, 0.5) is 0 Å². The van der Waals surface area contributed by atoms with Gasteiger partial charge in [-0.3, -0.25) is 4.79 Å². The summed E-state index contributed by atoms with van der Waals surface area (Å²) in [6.45, 7) is 0.502. The minimum Gasteiger partial charge on any atom is -0.497 e. The van der Waals surface area contributed by atoms with Crippen molar-refractivity contribution in [2.75, 3.05) is 33.6 Å². The molecule has 1 amide bonds. The highest BCUT2D eigenvalue weighted by atomic mass is 32.2. The van der Waals surface area contributed by atoms with Crippen molar-refractivity contribution >= 4 is 28.8 Å². The van der Waals surface area contributed by atoms with E-state index in [4.69, 9.17) is 14.2 Å². The number of amides is 1. The minimum absolute atomic E-state index is 0.0974. The van der Waals surface area contributed by atoms with Gasteiger partial charge in [0.05, 0.1) is 32.8 Å². The third-order valence-corrected chi connectivity index (χ3v) is 6.02. The number of nitrogens with one attached hydrogen (secondary N) is 1. The first-order valence-electron chi connectivity index (χ1n) is 10.4. The van der Waals surface area contributed by atoms with Crippen LogP contribution in [-0.2, 0) is 11.2 Å². The van der Waals surface area contributed by atoms with E-state index in [0.717, 1.165) is 17.0 Å². The molecule has 2 heterocycles. The molecule has 0 aliphatic heterocycles. The van der Waals surface area contributed by atoms with Gasteiger partial charge in [-0.1, -0.05) is 23.0 Å². The number of benzene rings is 2. The number of carbonyl (C=O) groups is 1. The summed E-state index contributed by atoms with van der Waals surface area (Å²) in [4.78, 5) is 21.0. The van der Waals surface area contributed by atoms with E-state index >= 15 is 0 Å². The lowest BCUT2D eigenvalue weighted by Crippen LogP contribution is -2.27. The number of rotatable bonds is 10. The number of hydrogen-bond acceptors (Lipinski definition) is 9. The molecule has 0 saturated carbocycles. The fraction of sp³-hybridized carbons (Fsp3) is 0.261. The molecule has 4 aromatic rings. The van der Waals surface area contributed by atoms with Crippen molar-refractivity contribution in [1.29, 1.82) is 0 Å². The topological polar surface area (TPSA) is 113 Å². The summed E-state index contributed by atoms with van der Waals surface area (Å²) in [6, 6.07) is 13.1. The molecule has 0 aliphatic carbocycles. The van der Waals surface area contributed by atoms with Crippen LogP contribution in [-0.4, -0.2) is 64.5 Å². The van der Waals surface area contributed by atoms with Crippen molar-refractivity contribution in [3.8, 4) is 22.9 Å². The Labute approximate surface area is 200 Å². The summed E-state index contributed by atoms with van der Waals surface area (Å²) in [7, 11) is 4.81.